The summed E-state index contributed by atoms with van der Waals surface area (Å²) in [5.74, 6) is 0.683. The average Bonchev–Trinajstić information content (AvgIpc) is 3.42. The van der Waals surface area contributed by atoms with Gasteiger partial charge in [-0.25, -0.2) is 0 Å². The predicted molar refractivity (Wildman–Crippen MR) is 126 cm³/mol. The lowest BCUT2D eigenvalue weighted by Crippen LogP contribution is -2.26. The average molecular weight is 427 g/mol. The summed E-state index contributed by atoms with van der Waals surface area (Å²) in [5.41, 5.74) is 6.27. The van der Waals surface area contributed by atoms with Crippen molar-refractivity contribution in [2.45, 2.75) is 38.0 Å². The summed E-state index contributed by atoms with van der Waals surface area (Å²) in [5, 5.41) is 10.2. The van der Waals surface area contributed by atoms with Crippen molar-refractivity contribution < 1.29 is 9.59 Å². The van der Waals surface area contributed by atoms with E-state index in [9.17, 15) is 9.59 Å². The Kier molecular flexibility index (Phi) is 5.13. The van der Waals surface area contributed by atoms with Crippen LogP contribution in [0.5, 0.6) is 0 Å². The molecule has 2 aromatic carbocycles. The number of anilines is 2. The number of hydrogen-bond acceptors (Lipinski definition) is 3. The van der Waals surface area contributed by atoms with E-state index in [4.69, 9.17) is 0 Å². The number of amides is 2. The van der Waals surface area contributed by atoms with Crippen LogP contribution in [0.4, 0.5) is 11.5 Å². The Morgan fingerprint density at radius 1 is 1.19 bits per heavy atom. The van der Waals surface area contributed by atoms with Crippen LogP contribution in [0.25, 0.3) is 11.1 Å². The van der Waals surface area contributed by atoms with Crippen molar-refractivity contribution in [1.29, 1.82) is 0 Å². The first-order valence-corrected chi connectivity index (χ1v) is 11.1. The fourth-order valence-electron chi connectivity index (χ4n) is 4.30. The fourth-order valence-corrected chi connectivity index (χ4v) is 4.30. The van der Waals surface area contributed by atoms with Crippen molar-refractivity contribution in [3.05, 3.63) is 78.0 Å². The maximum absolute atomic E-state index is 12.8. The van der Waals surface area contributed by atoms with Gasteiger partial charge in [0.05, 0.1) is 5.92 Å². The maximum Gasteiger partial charge on any atom is 0.250 e. The molecular formula is C26H26N4O2. The van der Waals surface area contributed by atoms with E-state index in [-0.39, 0.29) is 17.7 Å². The summed E-state index contributed by atoms with van der Waals surface area (Å²) in [4.78, 5) is 26.6. The summed E-state index contributed by atoms with van der Waals surface area (Å²) in [7, 11) is 0. The molecule has 1 aromatic heterocycles. The number of aromatic nitrogens is 2. The van der Waals surface area contributed by atoms with Gasteiger partial charge < -0.3 is 10.2 Å². The van der Waals surface area contributed by atoms with E-state index in [1.165, 1.54) is 18.9 Å². The molecule has 1 unspecified atom stereocenters. The molecule has 0 bridgehead atoms. The number of carbonyl (C=O) groups excluding carboxylic acids is 2. The lowest BCUT2D eigenvalue weighted by atomic mass is 9.94. The minimum absolute atomic E-state index is 0.0699. The van der Waals surface area contributed by atoms with Crippen molar-refractivity contribution in [2.75, 3.05) is 16.8 Å². The number of rotatable bonds is 6. The molecule has 1 fully saturated rings. The Morgan fingerprint density at radius 2 is 2.00 bits per heavy atom. The number of benzene rings is 2. The quantitative estimate of drug-likeness (QED) is 0.557. The van der Waals surface area contributed by atoms with Gasteiger partial charge in [0.15, 0.2) is 5.82 Å². The number of H-pyrrole nitrogens is 1. The molecule has 2 N–H and O–H groups in total. The van der Waals surface area contributed by atoms with Gasteiger partial charge in [0.25, 0.3) is 0 Å². The highest BCUT2D eigenvalue weighted by atomic mass is 16.2. The molecule has 1 aliphatic carbocycles. The van der Waals surface area contributed by atoms with Gasteiger partial charge in [0.1, 0.15) is 0 Å². The van der Waals surface area contributed by atoms with E-state index in [0.29, 0.717) is 18.3 Å². The SMILES string of the molecule is C=CC(=O)N1CCc2cc(-c3cccc(C(C)C(=O)Nc4cc(C5CC5)[nH]n4)c3)ccc21. The zero-order valence-corrected chi connectivity index (χ0v) is 18.1. The number of nitrogens with zero attached hydrogens (tertiary/aromatic N) is 2. The Labute approximate surface area is 187 Å². The third kappa shape index (κ3) is 3.84. The zero-order chi connectivity index (χ0) is 22.2. The molecule has 5 rings (SSSR count). The molecule has 6 nitrogen and oxygen atoms in total. The second-order valence-corrected chi connectivity index (χ2v) is 8.61. The lowest BCUT2D eigenvalue weighted by molar-refractivity contribution is -0.117. The van der Waals surface area contributed by atoms with Crippen LogP contribution in [0.2, 0.25) is 0 Å². The molecule has 2 aliphatic rings. The highest BCUT2D eigenvalue weighted by Crippen LogP contribution is 2.39. The number of hydrogen-bond donors (Lipinski definition) is 2. The first kappa shape index (κ1) is 20.2. The summed E-state index contributed by atoms with van der Waals surface area (Å²) in [6.45, 7) is 6.18. The number of aromatic amines is 1. The van der Waals surface area contributed by atoms with E-state index >= 15 is 0 Å². The normalized spacial score (nSPS) is 15.8. The number of carbonyl (C=O) groups is 2. The van der Waals surface area contributed by atoms with Gasteiger partial charge in [0.2, 0.25) is 11.8 Å². The molecule has 1 aliphatic heterocycles. The van der Waals surface area contributed by atoms with Gasteiger partial charge in [-0.05, 0) is 66.6 Å². The van der Waals surface area contributed by atoms with Gasteiger partial charge in [-0.2, -0.15) is 5.10 Å². The maximum atomic E-state index is 12.8. The minimum atomic E-state index is -0.314. The summed E-state index contributed by atoms with van der Waals surface area (Å²) in [6, 6.07) is 16.2. The summed E-state index contributed by atoms with van der Waals surface area (Å²) >= 11 is 0. The Hall–Kier alpha value is -3.67. The monoisotopic (exact) mass is 426 g/mol. The second-order valence-electron chi connectivity index (χ2n) is 8.61. The van der Waals surface area contributed by atoms with E-state index < -0.39 is 0 Å². The van der Waals surface area contributed by atoms with Crippen molar-refractivity contribution in [3.63, 3.8) is 0 Å². The summed E-state index contributed by atoms with van der Waals surface area (Å²) in [6.07, 6.45) is 4.55. The van der Waals surface area contributed by atoms with E-state index in [2.05, 4.69) is 34.2 Å². The first-order chi connectivity index (χ1) is 15.5. The van der Waals surface area contributed by atoms with Crippen LogP contribution < -0.4 is 10.2 Å². The predicted octanol–water partition coefficient (Wildman–Crippen LogP) is 4.77. The Balaban J connectivity index is 1.33. The van der Waals surface area contributed by atoms with E-state index in [1.54, 1.807) is 4.90 Å². The van der Waals surface area contributed by atoms with Gasteiger partial charge in [-0.1, -0.05) is 36.9 Å². The summed E-state index contributed by atoms with van der Waals surface area (Å²) < 4.78 is 0. The van der Waals surface area contributed by atoms with E-state index in [1.807, 2.05) is 43.3 Å². The highest BCUT2D eigenvalue weighted by Gasteiger charge is 2.26. The number of nitrogens with one attached hydrogen (secondary N) is 2. The second kappa shape index (κ2) is 8.11. The molecule has 2 heterocycles. The molecule has 162 valence electrons. The third-order valence-corrected chi connectivity index (χ3v) is 6.40. The third-order valence-electron chi connectivity index (χ3n) is 6.40. The molecule has 32 heavy (non-hydrogen) atoms. The lowest BCUT2D eigenvalue weighted by Gasteiger charge is -2.16. The van der Waals surface area contributed by atoms with Gasteiger partial charge in [-0.15, -0.1) is 0 Å². The standard InChI is InChI=1S/C26H26N4O2/c1-3-25(31)30-12-11-21-14-20(9-10-23(21)30)19-6-4-5-18(13-19)16(2)26(32)27-24-15-22(28-29-24)17-7-8-17/h3-6,9-10,13-17H,1,7-8,11-12H2,2H3,(H2,27,28,29,32). The van der Waals surface area contributed by atoms with Crippen LogP contribution >= 0.6 is 0 Å². The molecule has 0 radical (unpaired) electrons. The smallest absolute Gasteiger partial charge is 0.250 e. The van der Waals surface area contributed by atoms with Crippen LogP contribution in [-0.2, 0) is 16.0 Å². The van der Waals surface area contributed by atoms with Crippen LogP contribution in [0.3, 0.4) is 0 Å². The van der Waals surface area contributed by atoms with Gasteiger partial charge >= 0.3 is 0 Å². The Morgan fingerprint density at radius 3 is 2.78 bits per heavy atom. The largest absolute Gasteiger partial charge is 0.309 e. The van der Waals surface area contributed by atoms with Gasteiger partial charge in [0, 0.05) is 29.9 Å². The molecule has 1 atom stereocenters. The first-order valence-electron chi connectivity index (χ1n) is 11.1. The molecule has 0 saturated heterocycles. The Bertz CT molecular complexity index is 1210. The topological polar surface area (TPSA) is 78.1 Å². The molecule has 2 amide bonds. The van der Waals surface area contributed by atoms with Crippen molar-refractivity contribution in [2.24, 2.45) is 0 Å². The van der Waals surface area contributed by atoms with Crippen LogP contribution in [0.1, 0.15) is 48.4 Å². The molecule has 6 heteroatoms. The van der Waals surface area contributed by atoms with E-state index in [0.717, 1.165) is 40.1 Å². The highest BCUT2D eigenvalue weighted by molar-refractivity contribution is 6.02. The minimum Gasteiger partial charge on any atom is -0.309 e. The van der Waals surface area contributed by atoms with Crippen molar-refractivity contribution in [3.8, 4) is 11.1 Å². The molecule has 1 saturated carbocycles. The molecular weight excluding hydrogens is 400 g/mol. The van der Waals surface area contributed by atoms with Crippen molar-refractivity contribution in [1.82, 2.24) is 10.2 Å². The van der Waals surface area contributed by atoms with Crippen LogP contribution in [0.15, 0.2) is 61.2 Å². The zero-order valence-electron chi connectivity index (χ0n) is 18.1. The molecule has 0 spiro atoms. The van der Waals surface area contributed by atoms with Crippen molar-refractivity contribution >= 4 is 23.3 Å². The van der Waals surface area contributed by atoms with Crippen LogP contribution in [-0.4, -0.2) is 28.6 Å². The molecule has 3 aromatic rings. The van der Waals surface area contributed by atoms with Gasteiger partial charge in [-0.3, -0.25) is 14.7 Å². The number of fused-ring (bicyclic) bond motifs is 1. The van der Waals surface area contributed by atoms with Crippen LogP contribution in [0, 0.1) is 0 Å². The fraction of sp³-hybridized carbons (Fsp3) is 0.269.